The SMILES string of the molecule is CCCCOc1ccc(C(=O)OCC(=O)c2ccc(-c3ccccc3)cc2)cc1OC. The highest BCUT2D eigenvalue weighted by molar-refractivity contribution is 5.99. The minimum atomic E-state index is -0.590. The fourth-order valence-electron chi connectivity index (χ4n) is 3.02. The van der Waals surface area contributed by atoms with Crippen molar-refractivity contribution in [2.24, 2.45) is 0 Å². The van der Waals surface area contributed by atoms with Gasteiger partial charge in [0.2, 0.25) is 0 Å². The third kappa shape index (κ3) is 5.95. The second-order valence-corrected chi connectivity index (χ2v) is 7.01. The summed E-state index contributed by atoms with van der Waals surface area (Å²) in [5.41, 5.74) is 2.88. The molecule has 5 heteroatoms. The highest BCUT2D eigenvalue weighted by Gasteiger charge is 2.15. The number of ketones is 1. The second kappa shape index (κ2) is 11.0. The minimum Gasteiger partial charge on any atom is -0.493 e. The van der Waals surface area contributed by atoms with E-state index in [9.17, 15) is 9.59 Å². The van der Waals surface area contributed by atoms with Crippen molar-refractivity contribution in [3.05, 3.63) is 83.9 Å². The first kappa shape index (κ1) is 22.1. The maximum atomic E-state index is 12.4. The molecular formula is C26H26O5. The van der Waals surface area contributed by atoms with E-state index in [1.54, 1.807) is 30.3 Å². The summed E-state index contributed by atoms with van der Waals surface area (Å²) >= 11 is 0. The van der Waals surface area contributed by atoms with Crippen molar-refractivity contribution < 1.29 is 23.8 Å². The van der Waals surface area contributed by atoms with Crippen LogP contribution in [0.3, 0.4) is 0 Å². The van der Waals surface area contributed by atoms with Crippen molar-refractivity contribution in [1.82, 2.24) is 0 Å². The molecule has 0 aliphatic heterocycles. The molecular weight excluding hydrogens is 392 g/mol. The maximum absolute atomic E-state index is 12.4. The Bertz CT molecular complexity index is 1010. The van der Waals surface area contributed by atoms with E-state index in [-0.39, 0.29) is 12.4 Å². The van der Waals surface area contributed by atoms with E-state index in [1.165, 1.54) is 7.11 Å². The van der Waals surface area contributed by atoms with Gasteiger partial charge in [-0.25, -0.2) is 4.79 Å². The lowest BCUT2D eigenvalue weighted by Gasteiger charge is -2.12. The molecule has 0 atom stereocenters. The third-order valence-corrected chi connectivity index (χ3v) is 4.80. The summed E-state index contributed by atoms with van der Waals surface area (Å²) in [6.07, 6.45) is 1.96. The van der Waals surface area contributed by atoms with Crippen LogP contribution in [-0.4, -0.2) is 32.1 Å². The van der Waals surface area contributed by atoms with Crippen LogP contribution in [0.2, 0.25) is 0 Å². The molecule has 0 heterocycles. The van der Waals surface area contributed by atoms with Crippen molar-refractivity contribution in [3.63, 3.8) is 0 Å². The first-order valence-electron chi connectivity index (χ1n) is 10.3. The molecule has 0 saturated carbocycles. The van der Waals surface area contributed by atoms with Gasteiger partial charge >= 0.3 is 5.97 Å². The molecule has 0 saturated heterocycles. The van der Waals surface area contributed by atoms with Gasteiger partial charge in [0.25, 0.3) is 0 Å². The van der Waals surface area contributed by atoms with E-state index in [2.05, 4.69) is 6.92 Å². The standard InChI is InChI=1S/C26H26O5/c1-3-4-16-30-24-15-14-22(17-25(24)29-2)26(28)31-18-23(27)21-12-10-20(11-13-21)19-8-6-5-7-9-19/h5-15,17H,3-4,16,18H2,1-2H3. The lowest BCUT2D eigenvalue weighted by molar-refractivity contribution is 0.0474. The van der Waals surface area contributed by atoms with Crippen molar-refractivity contribution in [3.8, 4) is 22.6 Å². The van der Waals surface area contributed by atoms with Gasteiger partial charge in [0.1, 0.15) is 0 Å². The van der Waals surface area contributed by atoms with Gasteiger partial charge in [0.15, 0.2) is 23.9 Å². The molecule has 0 fully saturated rings. The quantitative estimate of drug-likeness (QED) is 0.244. The normalized spacial score (nSPS) is 10.4. The summed E-state index contributed by atoms with van der Waals surface area (Å²) in [4.78, 5) is 24.8. The van der Waals surface area contributed by atoms with Crippen LogP contribution >= 0.6 is 0 Å². The lowest BCUT2D eigenvalue weighted by Crippen LogP contribution is -2.14. The Labute approximate surface area is 182 Å². The van der Waals surface area contributed by atoms with Crippen molar-refractivity contribution in [2.75, 3.05) is 20.3 Å². The number of benzene rings is 3. The van der Waals surface area contributed by atoms with Crippen molar-refractivity contribution in [2.45, 2.75) is 19.8 Å². The Hall–Kier alpha value is -3.60. The monoisotopic (exact) mass is 418 g/mol. The first-order chi connectivity index (χ1) is 15.1. The zero-order valence-electron chi connectivity index (χ0n) is 17.8. The number of methoxy groups -OCH3 is 1. The van der Waals surface area contributed by atoms with Crippen LogP contribution in [-0.2, 0) is 4.74 Å². The van der Waals surface area contributed by atoms with E-state index < -0.39 is 5.97 Å². The van der Waals surface area contributed by atoms with Gasteiger partial charge in [-0.2, -0.15) is 0 Å². The molecule has 3 rings (SSSR count). The Morgan fingerprint density at radius 1 is 0.806 bits per heavy atom. The second-order valence-electron chi connectivity index (χ2n) is 7.01. The lowest BCUT2D eigenvalue weighted by atomic mass is 10.0. The van der Waals surface area contributed by atoms with E-state index in [4.69, 9.17) is 14.2 Å². The fourth-order valence-corrected chi connectivity index (χ4v) is 3.02. The molecule has 0 amide bonds. The molecule has 0 aliphatic carbocycles. The molecule has 0 radical (unpaired) electrons. The molecule has 160 valence electrons. The summed E-state index contributed by atoms with van der Waals surface area (Å²) in [5.74, 6) is 0.169. The molecule has 5 nitrogen and oxygen atoms in total. The van der Waals surface area contributed by atoms with Crippen molar-refractivity contribution >= 4 is 11.8 Å². The number of ether oxygens (including phenoxy) is 3. The molecule has 0 spiro atoms. The summed E-state index contributed by atoms with van der Waals surface area (Å²) in [6, 6.07) is 22.0. The average molecular weight is 418 g/mol. The molecule has 31 heavy (non-hydrogen) atoms. The number of carbonyl (C=O) groups excluding carboxylic acids is 2. The predicted molar refractivity (Wildman–Crippen MR) is 120 cm³/mol. The number of hydrogen-bond acceptors (Lipinski definition) is 5. The number of unbranched alkanes of at least 4 members (excludes halogenated alkanes) is 1. The smallest absolute Gasteiger partial charge is 0.338 e. The zero-order valence-corrected chi connectivity index (χ0v) is 17.8. The largest absolute Gasteiger partial charge is 0.493 e. The molecule has 3 aromatic carbocycles. The Morgan fingerprint density at radius 2 is 1.48 bits per heavy atom. The van der Waals surface area contributed by atoms with E-state index in [1.807, 2.05) is 42.5 Å². The van der Waals surface area contributed by atoms with Gasteiger partial charge in [0, 0.05) is 5.56 Å². The van der Waals surface area contributed by atoms with Gasteiger partial charge in [0.05, 0.1) is 19.3 Å². The highest BCUT2D eigenvalue weighted by Crippen LogP contribution is 2.28. The van der Waals surface area contributed by atoms with Crippen molar-refractivity contribution in [1.29, 1.82) is 0 Å². The van der Waals surface area contributed by atoms with Crippen LogP contribution in [0.4, 0.5) is 0 Å². The minimum absolute atomic E-state index is 0.264. The molecule has 0 aliphatic rings. The van der Waals surface area contributed by atoms with Crippen LogP contribution < -0.4 is 9.47 Å². The molecule has 0 unspecified atom stereocenters. The molecule has 0 aromatic heterocycles. The van der Waals surface area contributed by atoms with Crippen LogP contribution in [0.25, 0.3) is 11.1 Å². The average Bonchev–Trinajstić information content (AvgIpc) is 2.83. The molecule has 3 aromatic rings. The Morgan fingerprint density at radius 3 is 2.16 bits per heavy atom. The summed E-state index contributed by atoms with van der Waals surface area (Å²) in [7, 11) is 1.51. The van der Waals surface area contributed by atoms with E-state index >= 15 is 0 Å². The predicted octanol–water partition coefficient (Wildman–Crippen LogP) is 5.58. The highest BCUT2D eigenvalue weighted by atomic mass is 16.5. The maximum Gasteiger partial charge on any atom is 0.338 e. The summed E-state index contributed by atoms with van der Waals surface area (Å²) in [5, 5.41) is 0. The Balaban J connectivity index is 1.59. The third-order valence-electron chi connectivity index (χ3n) is 4.80. The number of rotatable bonds is 10. The van der Waals surface area contributed by atoms with Gasteiger partial charge < -0.3 is 14.2 Å². The Kier molecular flexibility index (Phi) is 7.82. The first-order valence-corrected chi connectivity index (χ1v) is 10.3. The van der Waals surface area contributed by atoms with Gasteiger partial charge in [-0.05, 0) is 35.7 Å². The van der Waals surface area contributed by atoms with E-state index in [0.29, 0.717) is 29.2 Å². The number of carbonyl (C=O) groups is 2. The van der Waals surface area contributed by atoms with E-state index in [0.717, 1.165) is 24.0 Å². The summed E-state index contributed by atoms with van der Waals surface area (Å²) in [6.45, 7) is 2.33. The fraction of sp³-hybridized carbons (Fsp3) is 0.231. The van der Waals surface area contributed by atoms with Gasteiger partial charge in [-0.1, -0.05) is 67.9 Å². The molecule has 0 N–H and O–H groups in total. The van der Waals surface area contributed by atoms with Crippen LogP contribution in [0.5, 0.6) is 11.5 Å². The zero-order chi connectivity index (χ0) is 22.1. The van der Waals surface area contributed by atoms with Crippen LogP contribution in [0.15, 0.2) is 72.8 Å². The number of Topliss-reactive ketones (excluding diaryl/α,β-unsaturated/α-hetero) is 1. The number of hydrogen-bond donors (Lipinski definition) is 0. The van der Waals surface area contributed by atoms with Crippen LogP contribution in [0, 0.1) is 0 Å². The topological polar surface area (TPSA) is 61.8 Å². The van der Waals surface area contributed by atoms with Crippen LogP contribution in [0.1, 0.15) is 40.5 Å². The summed E-state index contributed by atoms with van der Waals surface area (Å²) < 4.78 is 16.2. The molecule has 0 bridgehead atoms. The van der Waals surface area contributed by atoms with Gasteiger partial charge in [-0.15, -0.1) is 0 Å². The number of esters is 1. The van der Waals surface area contributed by atoms with Gasteiger partial charge in [-0.3, -0.25) is 4.79 Å².